The molecule has 0 unspecified atom stereocenters. The molecule has 134 valence electrons. The van der Waals surface area contributed by atoms with Crippen LogP contribution in [0.1, 0.15) is 6.42 Å². The first-order valence-corrected chi connectivity index (χ1v) is 8.67. The molecule has 1 saturated heterocycles. The fourth-order valence-corrected chi connectivity index (χ4v) is 2.99. The second kappa shape index (κ2) is 8.52. The van der Waals surface area contributed by atoms with E-state index in [2.05, 4.69) is 4.90 Å². The van der Waals surface area contributed by atoms with Crippen LogP contribution in [0.15, 0.2) is 48.5 Å². The summed E-state index contributed by atoms with van der Waals surface area (Å²) < 4.78 is 24.5. The summed E-state index contributed by atoms with van der Waals surface area (Å²) >= 11 is 5.87. The summed E-state index contributed by atoms with van der Waals surface area (Å²) in [5.74, 6) is 0.865. The van der Waals surface area contributed by atoms with Crippen molar-refractivity contribution in [1.29, 1.82) is 0 Å². The van der Waals surface area contributed by atoms with Gasteiger partial charge in [-0.1, -0.05) is 17.7 Å². The summed E-state index contributed by atoms with van der Waals surface area (Å²) in [6.45, 7) is 2.23. The maximum Gasteiger partial charge on any atom is 0.126 e. The van der Waals surface area contributed by atoms with E-state index in [0.717, 1.165) is 25.3 Å². The first-order valence-electron chi connectivity index (χ1n) is 8.29. The molecule has 1 aliphatic rings. The molecule has 4 nitrogen and oxygen atoms in total. The van der Waals surface area contributed by atoms with E-state index in [1.54, 1.807) is 24.3 Å². The molecule has 1 heterocycles. The van der Waals surface area contributed by atoms with Crippen LogP contribution >= 0.6 is 11.6 Å². The minimum Gasteiger partial charge on any atom is -0.491 e. The quantitative estimate of drug-likeness (QED) is 0.816. The van der Waals surface area contributed by atoms with Gasteiger partial charge in [0, 0.05) is 30.7 Å². The van der Waals surface area contributed by atoms with Crippen LogP contribution < -0.4 is 9.47 Å². The number of hydrogen-bond acceptors (Lipinski definition) is 4. The molecule has 0 aromatic heterocycles. The standard InChI is InChI=1S/C19H21ClFNO3/c20-14-4-6-17(7-5-14)25-19-8-9-22(12-19)11-16(23)13-24-18-3-1-2-15(21)10-18/h1-7,10,16,19,23H,8-9,11-13H2/t16-,19-/m0/s1. The molecular formula is C19H21ClFNO3. The van der Waals surface area contributed by atoms with Crippen LogP contribution in [0.5, 0.6) is 11.5 Å². The minimum atomic E-state index is -0.641. The summed E-state index contributed by atoms with van der Waals surface area (Å²) in [5.41, 5.74) is 0. The zero-order valence-electron chi connectivity index (χ0n) is 13.8. The summed E-state index contributed by atoms with van der Waals surface area (Å²) in [6, 6.07) is 13.2. The van der Waals surface area contributed by atoms with Gasteiger partial charge in [-0.15, -0.1) is 0 Å². The van der Waals surface area contributed by atoms with Crippen LogP contribution in [-0.4, -0.2) is 48.5 Å². The first kappa shape index (κ1) is 18.0. The van der Waals surface area contributed by atoms with Crippen LogP contribution in [0.2, 0.25) is 5.02 Å². The van der Waals surface area contributed by atoms with Crippen LogP contribution in [0.4, 0.5) is 4.39 Å². The van der Waals surface area contributed by atoms with Crippen molar-refractivity contribution in [2.24, 2.45) is 0 Å². The van der Waals surface area contributed by atoms with Crippen molar-refractivity contribution in [2.75, 3.05) is 26.2 Å². The Balaban J connectivity index is 1.40. The number of hydrogen-bond donors (Lipinski definition) is 1. The molecule has 0 saturated carbocycles. The van der Waals surface area contributed by atoms with Gasteiger partial charge in [0.05, 0.1) is 0 Å². The number of ether oxygens (including phenoxy) is 2. The van der Waals surface area contributed by atoms with E-state index < -0.39 is 6.10 Å². The number of nitrogens with zero attached hydrogens (tertiary/aromatic N) is 1. The zero-order chi connectivity index (χ0) is 17.6. The third-order valence-corrected chi connectivity index (χ3v) is 4.30. The molecule has 3 rings (SSSR count). The summed E-state index contributed by atoms with van der Waals surface area (Å²) in [4.78, 5) is 2.14. The molecular weight excluding hydrogens is 345 g/mol. The lowest BCUT2D eigenvalue weighted by molar-refractivity contribution is 0.0719. The lowest BCUT2D eigenvalue weighted by atomic mass is 10.3. The van der Waals surface area contributed by atoms with E-state index in [1.807, 2.05) is 12.1 Å². The number of rotatable bonds is 7. The summed E-state index contributed by atoms with van der Waals surface area (Å²) in [7, 11) is 0. The highest BCUT2D eigenvalue weighted by Gasteiger charge is 2.25. The molecule has 0 aliphatic carbocycles. The predicted molar refractivity (Wildman–Crippen MR) is 94.8 cm³/mol. The van der Waals surface area contributed by atoms with Gasteiger partial charge in [-0.3, -0.25) is 4.90 Å². The van der Waals surface area contributed by atoms with Gasteiger partial charge in [0.25, 0.3) is 0 Å². The lowest BCUT2D eigenvalue weighted by Crippen LogP contribution is -2.35. The Labute approximate surface area is 151 Å². The third-order valence-electron chi connectivity index (χ3n) is 4.05. The molecule has 6 heteroatoms. The Bertz CT molecular complexity index is 683. The van der Waals surface area contributed by atoms with Crippen LogP contribution in [0.3, 0.4) is 0 Å². The molecule has 2 atom stereocenters. The number of likely N-dealkylation sites (tertiary alicyclic amines) is 1. The normalized spacial score (nSPS) is 18.9. The van der Waals surface area contributed by atoms with Gasteiger partial charge in [-0.05, 0) is 42.8 Å². The van der Waals surface area contributed by atoms with E-state index in [0.29, 0.717) is 17.3 Å². The van der Waals surface area contributed by atoms with E-state index in [1.165, 1.54) is 12.1 Å². The highest BCUT2D eigenvalue weighted by atomic mass is 35.5. The first-order chi connectivity index (χ1) is 12.1. The fraction of sp³-hybridized carbons (Fsp3) is 0.368. The number of aliphatic hydroxyl groups is 1. The molecule has 1 N–H and O–H groups in total. The topological polar surface area (TPSA) is 41.9 Å². The highest BCUT2D eigenvalue weighted by molar-refractivity contribution is 6.30. The Morgan fingerprint density at radius 2 is 2.00 bits per heavy atom. The van der Waals surface area contributed by atoms with Gasteiger partial charge in [0.2, 0.25) is 0 Å². The van der Waals surface area contributed by atoms with Crippen LogP contribution in [-0.2, 0) is 0 Å². The van der Waals surface area contributed by atoms with Crippen molar-refractivity contribution in [3.63, 3.8) is 0 Å². The Morgan fingerprint density at radius 3 is 2.76 bits per heavy atom. The molecule has 2 aromatic rings. The molecule has 1 fully saturated rings. The molecule has 0 bridgehead atoms. The molecule has 2 aromatic carbocycles. The van der Waals surface area contributed by atoms with Crippen LogP contribution in [0, 0.1) is 5.82 Å². The van der Waals surface area contributed by atoms with Crippen molar-refractivity contribution in [3.8, 4) is 11.5 Å². The largest absolute Gasteiger partial charge is 0.491 e. The molecule has 0 spiro atoms. The van der Waals surface area contributed by atoms with Crippen molar-refractivity contribution in [1.82, 2.24) is 4.90 Å². The lowest BCUT2D eigenvalue weighted by Gasteiger charge is -2.20. The zero-order valence-corrected chi connectivity index (χ0v) is 14.5. The van der Waals surface area contributed by atoms with Gasteiger partial charge in [-0.2, -0.15) is 0 Å². The predicted octanol–water partition coefficient (Wildman–Crippen LogP) is 3.37. The molecule has 1 aliphatic heterocycles. The van der Waals surface area contributed by atoms with Crippen LogP contribution in [0.25, 0.3) is 0 Å². The van der Waals surface area contributed by atoms with Gasteiger partial charge >= 0.3 is 0 Å². The number of halogens is 2. The van der Waals surface area contributed by atoms with Crippen molar-refractivity contribution < 1.29 is 19.0 Å². The molecule has 25 heavy (non-hydrogen) atoms. The van der Waals surface area contributed by atoms with Gasteiger partial charge in [-0.25, -0.2) is 4.39 Å². The van der Waals surface area contributed by atoms with Crippen molar-refractivity contribution in [3.05, 3.63) is 59.4 Å². The molecule has 0 amide bonds. The number of benzene rings is 2. The second-order valence-electron chi connectivity index (χ2n) is 6.16. The SMILES string of the molecule is O[C@H](COc1cccc(F)c1)CN1CC[C@H](Oc2ccc(Cl)cc2)C1. The average Bonchev–Trinajstić information content (AvgIpc) is 3.02. The van der Waals surface area contributed by atoms with E-state index in [-0.39, 0.29) is 18.5 Å². The Hall–Kier alpha value is -1.82. The van der Waals surface area contributed by atoms with Crippen molar-refractivity contribution >= 4 is 11.6 Å². The Morgan fingerprint density at radius 1 is 1.20 bits per heavy atom. The number of aliphatic hydroxyl groups excluding tert-OH is 1. The fourth-order valence-electron chi connectivity index (χ4n) is 2.86. The maximum absolute atomic E-state index is 13.1. The third kappa shape index (κ3) is 5.59. The Kier molecular flexibility index (Phi) is 6.13. The van der Waals surface area contributed by atoms with Gasteiger partial charge < -0.3 is 14.6 Å². The second-order valence-corrected chi connectivity index (χ2v) is 6.60. The summed E-state index contributed by atoms with van der Waals surface area (Å²) in [6.07, 6.45) is 0.357. The van der Waals surface area contributed by atoms with E-state index in [9.17, 15) is 9.50 Å². The summed E-state index contributed by atoms with van der Waals surface area (Å²) in [5, 5.41) is 10.8. The van der Waals surface area contributed by atoms with Gasteiger partial charge in [0.1, 0.15) is 36.1 Å². The monoisotopic (exact) mass is 365 g/mol. The average molecular weight is 366 g/mol. The van der Waals surface area contributed by atoms with E-state index in [4.69, 9.17) is 21.1 Å². The number of β-amino-alcohol motifs (C(OH)–C–C–N with tert-alkyl or cyclic N) is 1. The maximum atomic E-state index is 13.1. The van der Waals surface area contributed by atoms with Gasteiger partial charge in [0.15, 0.2) is 0 Å². The van der Waals surface area contributed by atoms with E-state index >= 15 is 0 Å². The molecule has 0 radical (unpaired) electrons. The highest BCUT2D eigenvalue weighted by Crippen LogP contribution is 2.21. The van der Waals surface area contributed by atoms with Crippen molar-refractivity contribution in [2.45, 2.75) is 18.6 Å². The minimum absolute atomic E-state index is 0.0949. The smallest absolute Gasteiger partial charge is 0.126 e.